The lowest BCUT2D eigenvalue weighted by Gasteiger charge is -2.27. The summed E-state index contributed by atoms with van der Waals surface area (Å²) in [5.41, 5.74) is 3.00. The quantitative estimate of drug-likeness (QED) is 0.564. The van der Waals surface area contributed by atoms with Crippen molar-refractivity contribution in [3.63, 3.8) is 0 Å². The Morgan fingerprint density at radius 3 is 2.97 bits per heavy atom. The SMILES string of the molecule is Cc1nc(C(=O)N2C[C@@H]3C[C@@H]3[C@H]2CNC(=O)c2cccc3c2CCO3)c(-c2cccc(Cl)c2)s1. The average molecular weight is 494 g/mol. The van der Waals surface area contributed by atoms with Crippen molar-refractivity contribution >= 4 is 34.8 Å². The van der Waals surface area contributed by atoms with Gasteiger partial charge in [0.2, 0.25) is 0 Å². The smallest absolute Gasteiger partial charge is 0.274 e. The highest BCUT2D eigenvalue weighted by molar-refractivity contribution is 7.15. The third-order valence-corrected chi connectivity index (χ3v) is 8.30. The predicted molar refractivity (Wildman–Crippen MR) is 132 cm³/mol. The predicted octanol–water partition coefficient (Wildman–Crippen LogP) is 4.60. The molecule has 3 heterocycles. The molecule has 0 radical (unpaired) electrons. The molecule has 174 valence electrons. The van der Waals surface area contributed by atoms with Gasteiger partial charge in [-0.2, -0.15) is 0 Å². The molecule has 1 saturated carbocycles. The number of ether oxygens (including phenoxy) is 1. The molecule has 1 saturated heterocycles. The van der Waals surface area contributed by atoms with Gasteiger partial charge < -0.3 is 15.0 Å². The number of aromatic nitrogens is 1. The van der Waals surface area contributed by atoms with Crippen LogP contribution >= 0.6 is 22.9 Å². The maximum Gasteiger partial charge on any atom is 0.274 e. The fraction of sp³-hybridized carbons (Fsp3) is 0.346. The molecule has 0 bridgehead atoms. The van der Waals surface area contributed by atoms with Crippen LogP contribution in [0.25, 0.3) is 10.4 Å². The van der Waals surface area contributed by atoms with Gasteiger partial charge >= 0.3 is 0 Å². The Balaban J connectivity index is 1.22. The molecule has 1 aromatic heterocycles. The van der Waals surface area contributed by atoms with Gasteiger partial charge in [0, 0.05) is 35.7 Å². The van der Waals surface area contributed by atoms with Crippen LogP contribution in [-0.4, -0.2) is 47.4 Å². The van der Waals surface area contributed by atoms with Crippen LogP contribution in [-0.2, 0) is 6.42 Å². The van der Waals surface area contributed by atoms with Crippen molar-refractivity contribution in [2.24, 2.45) is 11.8 Å². The normalized spacial score (nSPS) is 22.2. The Bertz CT molecular complexity index is 1310. The van der Waals surface area contributed by atoms with Crippen molar-refractivity contribution in [3.8, 4) is 16.2 Å². The molecule has 1 N–H and O–H groups in total. The number of hydrogen-bond acceptors (Lipinski definition) is 5. The highest BCUT2D eigenvalue weighted by atomic mass is 35.5. The number of halogens is 1. The van der Waals surface area contributed by atoms with Crippen LogP contribution in [0, 0.1) is 18.8 Å². The first-order chi connectivity index (χ1) is 16.5. The van der Waals surface area contributed by atoms with Crippen molar-refractivity contribution in [2.75, 3.05) is 19.7 Å². The molecular formula is C26H24ClN3O3S. The molecule has 2 fully saturated rings. The van der Waals surface area contributed by atoms with Crippen LogP contribution in [0.5, 0.6) is 5.75 Å². The maximum atomic E-state index is 13.7. The summed E-state index contributed by atoms with van der Waals surface area (Å²) in [5, 5.41) is 4.57. The van der Waals surface area contributed by atoms with E-state index in [9.17, 15) is 9.59 Å². The summed E-state index contributed by atoms with van der Waals surface area (Å²) in [7, 11) is 0. The van der Waals surface area contributed by atoms with E-state index in [0.717, 1.165) is 39.6 Å². The number of rotatable bonds is 5. The summed E-state index contributed by atoms with van der Waals surface area (Å²) in [6, 6.07) is 13.1. The fourth-order valence-electron chi connectivity index (χ4n) is 5.33. The largest absolute Gasteiger partial charge is 0.493 e. The van der Waals surface area contributed by atoms with Gasteiger partial charge in [0.25, 0.3) is 11.8 Å². The van der Waals surface area contributed by atoms with Crippen molar-refractivity contribution in [2.45, 2.75) is 25.8 Å². The van der Waals surface area contributed by atoms with Crippen molar-refractivity contribution in [3.05, 3.63) is 69.3 Å². The number of fused-ring (bicyclic) bond motifs is 2. The number of nitrogens with one attached hydrogen (secondary N) is 1. The highest BCUT2D eigenvalue weighted by Gasteiger charge is 2.54. The Morgan fingerprint density at radius 2 is 2.12 bits per heavy atom. The molecule has 3 aromatic rings. The Hall–Kier alpha value is -2.90. The molecule has 2 aromatic carbocycles. The molecule has 2 aliphatic heterocycles. The number of amides is 2. The first-order valence-electron chi connectivity index (χ1n) is 11.6. The molecular weight excluding hydrogens is 470 g/mol. The molecule has 3 aliphatic rings. The second-order valence-corrected chi connectivity index (χ2v) is 10.8. The molecule has 2 amide bonds. The molecule has 8 heteroatoms. The number of likely N-dealkylation sites (tertiary alicyclic amines) is 1. The lowest BCUT2D eigenvalue weighted by atomic mass is 10.0. The minimum atomic E-state index is -0.108. The Morgan fingerprint density at radius 1 is 1.26 bits per heavy atom. The number of piperidine rings is 1. The number of carbonyl (C=O) groups excluding carboxylic acids is 2. The van der Waals surface area contributed by atoms with Gasteiger partial charge in [-0.15, -0.1) is 11.3 Å². The van der Waals surface area contributed by atoms with E-state index >= 15 is 0 Å². The zero-order valence-electron chi connectivity index (χ0n) is 18.7. The van der Waals surface area contributed by atoms with Gasteiger partial charge in [0.1, 0.15) is 11.4 Å². The summed E-state index contributed by atoms with van der Waals surface area (Å²) in [5.74, 6) is 1.56. The van der Waals surface area contributed by atoms with Gasteiger partial charge in [-0.25, -0.2) is 4.98 Å². The molecule has 6 rings (SSSR count). The van der Waals surface area contributed by atoms with Crippen LogP contribution in [0.1, 0.15) is 37.8 Å². The number of hydrogen-bond donors (Lipinski definition) is 1. The summed E-state index contributed by atoms with van der Waals surface area (Å²) in [6.07, 6.45) is 1.85. The van der Waals surface area contributed by atoms with Crippen LogP contribution in [0.15, 0.2) is 42.5 Å². The zero-order chi connectivity index (χ0) is 23.4. The second-order valence-electron chi connectivity index (χ2n) is 9.20. The summed E-state index contributed by atoms with van der Waals surface area (Å²) in [4.78, 5) is 34.1. The van der Waals surface area contributed by atoms with Gasteiger partial charge in [-0.3, -0.25) is 9.59 Å². The number of benzene rings is 2. The average Bonchev–Trinajstić information content (AvgIpc) is 3.16. The molecule has 34 heavy (non-hydrogen) atoms. The lowest BCUT2D eigenvalue weighted by molar-refractivity contribution is 0.0690. The van der Waals surface area contributed by atoms with Gasteiger partial charge in [-0.1, -0.05) is 29.8 Å². The molecule has 0 unspecified atom stereocenters. The molecule has 6 nitrogen and oxygen atoms in total. The second kappa shape index (κ2) is 8.40. The fourth-order valence-corrected chi connectivity index (χ4v) is 6.42. The van der Waals surface area contributed by atoms with E-state index in [4.69, 9.17) is 16.3 Å². The first kappa shape index (κ1) is 21.6. The van der Waals surface area contributed by atoms with Gasteiger partial charge in [0.15, 0.2) is 0 Å². The van der Waals surface area contributed by atoms with E-state index < -0.39 is 0 Å². The van der Waals surface area contributed by atoms with E-state index in [2.05, 4.69) is 10.3 Å². The van der Waals surface area contributed by atoms with Gasteiger partial charge in [0.05, 0.1) is 22.5 Å². The molecule has 0 spiro atoms. The maximum absolute atomic E-state index is 13.7. The minimum Gasteiger partial charge on any atom is -0.493 e. The van der Waals surface area contributed by atoms with Crippen molar-refractivity contribution < 1.29 is 14.3 Å². The Kier molecular flexibility index (Phi) is 5.34. The van der Waals surface area contributed by atoms with Crippen LogP contribution in [0.3, 0.4) is 0 Å². The van der Waals surface area contributed by atoms with Crippen LogP contribution in [0.2, 0.25) is 5.02 Å². The van der Waals surface area contributed by atoms with Crippen LogP contribution in [0.4, 0.5) is 0 Å². The van der Waals surface area contributed by atoms with E-state index in [-0.39, 0.29) is 17.9 Å². The number of nitrogens with zero attached hydrogens (tertiary/aromatic N) is 2. The topological polar surface area (TPSA) is 71.5 Å². The number of aryl methyl sites for hydroxylation is 1. The highest BCUT2D eigenvalue weighted by Crippen LogP contribution is 2.50. The lowest BCUT2D eigenvalue weighted by Crippen LogP contribution is -2.45. The van der Waals surface area contributed by atoms with Gasteiger partial charge in [-0.05, 0) is 55.0 Å². The molecule has 1 aliphatic carbocycles. The zero-order valence-corrected chi connectivity index (χ0v) is 20.3. The number of thiazole rings is 1. The standard InChI is InChI=1S/C26H24ClN3O3S/c1-14-29-23(24(34-14)15-4-2-5-17(27)10-15)26(32)30-13-16-11-20(16)21(30)12-28-25(31)19-6-3-7-22-18(19)8-9-33-22/h2-7,10,16,20-21H,8-9,11-13H2,1H3,(H,28,31)/t16-,20-,21+/m0/s1. The monoisotopic (exact) mass is 493 g/mol. The summed E-state index contributed by atoms with van der Waals surface area (Å²) < 4.78 is 5.60. The first-order valence-corrected chi connectivity index (χ1v) is 12.8. The summed E-state index contributed by atoms with van der Waals surface area (Å²) in [6.45, 7) is 3.67. The van der Waals surface area contributed by atoms with Crippen molar-refractivity contribution in [1.82, 2.24) is 15.2 Å². The van der Waals surface area contributed by atoms with E-state index in [0.29, 0.717) is 47.8 Å². The number of carbonyl (C=O) groups is 2. The minimum absolute atomic E-state index is 0.0244. The van der Waals surface area contributed by atoms with E-state index in [1.807, 2.05) is 54.3 Å². The van der Waals surface area contributed by atoms with E-state index in [1.54, 1.807) is 0 Å². The summed E-state index contributed by atoms with van der Waals surface area (Å²) >= 11 is 7.71. The third kappa shape index (κ3) is 3.77. The van der Waals surface area contributed by atoms with Crippen LogP contribution < -0.4 is 10.1 Å². The van der Waals surface area contributed by atoms with E-state index in [1.165, 1.54) is 11.3 Å². The molecule has 3 atom stereocenters. The van der Waals surface area contributed by atoms with Crippen molar-refractivity contribution in [1.29, 1.82) is 0 Å². The Labute approximate surface area is 206 Å². The third-order valence-electron chi connectivity index (χ3n) is 7.05.